The molecule has 0 radical (unpaired) electrons. The largest absolute Gasteiger partial charge is 0.478 e. The summed E-state index contributed by atoms with van der Waals surface area (Å²) in [6, 6.07) is 1.49. The number of carboxylic acids is 1. The Morgan fingerprint density at radius 1 is 1.60 bits per heavy atom. The molecule has 15 heavy (non-hydrogen) atoms. The van der Waals surface area contributed by atoms with Gasteiger partial charge in [0.05, 0.1) is 17.1 Å². The molecule has 0 amide bonds. The number of aromatic nitrogens is 3. The van der Waals surface area contributed by atoms with Gasteiger partial charge < -0.3 is 5.11 Å². The van der Waals surface area contributed by atoms with Crippen molar-refractivity contribution in [2.24, 2.45) is 0 Å². The van der Waals surface area contributed by atoms with Gasteiger partial charge in [0.2, 0.25) is 0 Å². The van der Waals surface area contributed by atoms with E-state index in [4.69, 9.17) is 5.11 Å². The van der Waals surface area contributed by atoms with Gasteiger partial charge in [0.1, 0.15) is 0 Å². The summed E-state index contributed by atoms with van der Waals surface area (Å²) in [5, 5.41) is 13.7. The molecule has 0 aliphatic rings. The highest BCUT2D eigenvalue weighted by Crippen LogP contribution is 2.16. The van der Waals surface area contributed by atoms with Crippen LogP contribution >= 0.6 is 0 Å². The lowest BCUT2D eigenvalue weighted by atomic mass is 10.2. The van der Waals surface area contributed by atoms with E-state index in [1.807, 2.05) is 6.92 Å². The van der Waals surface area contributed by atoms with Crippen LogP contribution in [0.5, 0.6) is 0 Å². The Hall–Kier alpha value is -1.91. The fraction of sp³-hybridized carbons (Fsp3) is 0.300. The van der Waals surface area contributed by atoms with E-state index in [-0.39, 0.29) is 5.56 Å². The van der Waals surface area contributed by atoms with Gasteiger partial charge in [-0.2, -0.15) is 5.10 Å². The fourth-order valence-electron chi connectivity index (χ4n) is 1.54. The number of carboxylic acid groups (broad SMARTS) is 1. The molecule has 0 unspecified atom stereocenters. The van der Waals surface area contributed by atoms with Crippen LogP contribution in [0.1, 0.15) is 23.7 Å². The minimum Gasteiger partial charge on any atom is -0.478 e. The molecule has 0 saturated carbocycles. The van der Waals surface area contributed by atoms with E-state index in [1.54, 1.807) is 10.9 Å². The predicted octanol–water partition coefficient (Wildman–Crippen LogP) is 1.54. The molecule has 5 heteroatoms. The van der Waals surface area contributed by atoms with Crippen LogP contribution in [0.3, 0.4) is 0 Å². The molecule has 0 saturated heterocycles. The Morgan fingerprint density at radius 3 is 3.07 bits per heavy atom. The lowest BCUT2D eigenvalue weighted by Gasteiger charge is -2.00. The number of hydrogen-bond acceptors (Lipinski definition) is 3. The first-order valence-corrected chi connectivity index (χ1v) is 4.78. The first kappa shape index (κ1) is 9.64. The summed E-state index contributed by atoms with van der Waals surface area (Å²) in [7, 11) is 0. The molecule has 0 spiro atoms. The smallest absolute Gasteiger partial charge is 0.336 e. The van der Waals surface area contributed by atoms with Crippen molar-refractivity contribution in [3.63, 3.8) is 0 Å². The van der Waals surface area contributed by atoms with Crippen molar-refractivity contribution >= 4 is 17.0 Å². The third kappa shape index (κ3) is 1.56. The molecule has 0 aliphatic heterocycles. The van der Waals surface area contributed by atoms with Crippen molar-refractivity contribution in [1.29, 1.82) is 0 Å². The summed E-state index contributed by atoms with van der Waals surface area (Å²) in [5.74, 6) is -0.946. The first-order chi connectivity index (χ1) is 7.24. The lowest BCUT2D eigenvalue weighted by molar-refractivity contribution is 0.0699. The number of aromatic carboxylic acids is 1. The van der Waals surface area contributed by atoms with Gasteiger partial charge in [0.15, 0.2) is 5.65 Å². The SMILES string of the molecule is CCCn1ncc2c(C(=O)O)ccnc21. The van der Waals surface area contributed by atoms with Crippen molar-refractivity contribution in [2.45, 2.75) is 19.9 Å². The molecule has 0 aliphatic carbocycles. The van der Waals surface area contributed by atoms with Crippen molar-refractivity contribution in [3.8, 4) is 0 Å². The maximum absolute atomic E-state index is 10.9. The van der Waals surface area contributed by atoms with Crippen LogP contribution < -0.4 is 0 Å². The highest BCUT2D eigenvalue weighted by molar-refractivity contribution is 6.01. The van der Waals surface area contributed by atoms with Gasteiger partial charge in [-0.15, -0.1) is 0 Å². The molecule has 0 aromatic carbocycles. The molecule has 2 rings (SSSR count). The Morgan fingerprint density at radius 2 is 2.40 bits per heavy atom. The average Bonchev–Trinajstić information content (AvgIpc) is 2.62. The normalized spacial score (nSPS) is 10.7. The van der Waals surface area contributed by atoms with Crippen LogP contribution in [0.4, 0.5) is 0 Å². The van der Waals surface area contributed by atoms with E-state index in [1.165, 1.54) is 12.3 Å². The van der Waals surface area contributed by atoms with Crippen LogP contribution in [0.15, 0.2) is 18.5 Å². The lowest BCUT2D eigenvalue weighted by Crippen LogP contribution is -2.01. The summed E-state index contributed by atoms with van der Waals surface area (Å²) >= 11 is 0. The highest BCUT2D eigenvalue weighted by Gasteiger charge is 2.12. The topological polar surface area (TPSA) is 68.0 Å². The van der Waals surface area contributed by atoms with Crippen LogP contribution in [0.25, 0.3) is 11.0 Å². The minimum atomic E-state index is -0.946. The number of aryl methyl sites for hydroxylation is 1. The van der Waals surface area contributed by atoms with E-state index in [0.717, 1.165) is 13.0 Å². The molecule has 2 aromatic rings. The van der Waals surface area contributed by atoms with Crippen LogP contribution in [0, 0.1) is 0 Å². The zero-order valence-electron chi connectivity index (χ0n) is 8.34. The van der Waals surface area contributed by atoms with Gasteiger partial charge >= 0.3 is 5.97 Å². The van der Waals surface area contributed by atoms with Crippen molar-refractivity contribution < 1.29 is 9.90 Å². The number of nitrogens with zero attached hydrogens (tertiary/aromatic N) is 3. The Labute approximate surface area is 86.4 Å². The average molecular weight is 205 g/mol. The highest BCUT2D eigenvalue weighted by atomic mass is 16.4. The maximum Gasteiger partial charge on any atom is 0.336 e. The second kappa shape index (κ2) is 3.68. The molecule has 5 nitrogen and oxygen atoms in total. The molecular weight excluding hydrogens is 194 g/mol. The molecule has 1 N–H and O–H groups in total. The molecular formula is C10H11N3O2. The first-order valence-electron chi connectivity index (χ1n) is 4.78. The van der Waals surface area contributed by atoms with Gasteiger partial charge in [-0.25, -0.2) is 14.5 Å². The summed E-state index contributed by atoms with van der Waals surface area (Å²) in [6.07, 6.45) is 4.00. The third-order valence-corrected chi connectivity index (χ3v) is 2.21. The van der Waals surface area contributed by atoms with Crippen LogP contribution in [-0.4, -0.2) is 25.8 Å². The van der Waals surface area contributed by atoms with E-state index in [9.17, 15) is 4.79 Å². The van der Waals surface area contributed by atoms with Crippen LogP contribution in [-0.2, 0) is 6.54 Å². The van der Waals surface area contributed by atoms with Crippen molar-refractivity contribution in [2.75, 3.05) is 0 Å². The molecule has 78 valence electrons. The van der Waals surface area contributed by atoms with Crippen molar-refractivity contribution in [1.82, 2.24) is 14.8 Å². The zero-order chi connectivity index (χ0) is 10.8. The third-order valence-electron chi connectivity index (χ3n) is 2.21. The summed E-state index contributed by atoms with van der Waals surface area (Å²) < 4.78 is 1.72. The predicted molar refractivity (Wildman–Crippen MR) is 54.8 cm³/mol. The van der Waals surface area contributed by atoms with Crippen LogP contribution in [0.2, 0.25) is 0 Å². The fourth-order valence-corrected chi connectivity index (χ4v) is 1.54. The summed E-state index contributed by atoms with van der Waals surface area (Å²) in [5.41, 5.74) is 0.888. The van der Waals surface area contributed by atoms with Gasteiger partial charge in [0, 0.05) is 12.7 Å². The monoisotopic (exact) mass is 205 g/mol. The van der Waals surface area contributed by atoms with E-state index in [0.29, 0.717) is 11.0 Å². The second-order valence-electron chi connectivity index (χ2n) is 3.27. The second-order valence-corrected chi connectivity index (χ2v) is 3.27. The standard InChI is InChI=1S/C10H11N3O2/c1-2-5-13-9-8(6-12-13)7(10(14)15)3-4-11-9/h3-4,6H,2,5H2,1H3,(H,14,15). The van der Waals surface area contributed by atoms with Gasteiger partial charge in [-0.1, -0.05) is 6.92 Å². The van der Waals surface area contributed by atoms with Gasteiger partial charge in [-0.05, 0) is 12.5 Å². The molecule has 0 atom stereocenters. The number of fused-ring (bicyclic) bond motifs is 1. The Bertz CT molecular complexity index is 504. The van der Waals surface area contributed by atoms with E-state index >= 15 is 0 Å². The Kier molecular flexibility index (Phi) is 2.37. The molecule has 2 heterocycles. The number of pyridine rings is 1. The zero-order valence-corrected chi connectivity index (χ0v) is 8.34. The quantitative estimate of drug-likeness (QED) is 0.825. The van der Waals surface area contributed by atoms with E-state index < -0.39 is 5.97 Å². The number of rotatable bonds is 3. The number of carbonyl (C=O) groups is 1. The maximum atomic E-state index is 10.9. The van der Waals surface area contributed by atoms with Gasteiger partial charge in [0.25, 0.3) is 0 Å². The molecule has 0 fully saturated rings. The minimum absolute atomic E-state index is 0.252. The summed E-state index contributed by atoms with van der Waals surface area (Å²) in [6.45, 7) is 2.79. The van der Waals surface area contributed by atoms with Crippen molar-refractivity contribution in [3.05, 3.63) is 24.0 Å². The van der Waals surface area contributed by atoms with E-state index in [2.05, 4.69) is 10.1 Å². The molecule has 2 aromatic heterocycles. The van der Waals surface area contributed by atoms with Gasteiger partial charge in [-0.3, -0.25) is 0 Å². The molecule has 0 bridgehead atoms. The Balaban J connectivity index is 2.63. The summed E-state index contributed by atoms with van der Waals surface area (Å²) in [4.78, 5) is 15.1. The number of hydrogen-bond donors (Lipinski definition) is 1.